The highest BCUT2D eigenvalue weighted by molar-refractivity contribution is 5.38. The third kappa shape index (κ3) is 3.99. The van der Waals surface area contributed by atoms with Gasteiger partial charge in [-0.3, -0.25) is 0 Å². The fourth-order valence-electron chi connectivity index (χ4n) is 10.0. The summed E-state index contributed by atoms with van der Waals surface area (Å²) in [6.07, 6.45) is 17.6. The van der Waals surface area contributed by atoms with Crippen molar-refractivity contribution in [2.24, 2.45) is 39.4 Å². The number of rotatable bonds is 7. The highest BCUT2D eigenvalue weighted by Gasteiger charge is 2.63. The molecule has 7 atom stereocenters. The van der Waals surface area contributed by atoms with Crippen molar-refractivity contribution < 1.29 is 4.74 Å². The van der Waals surface area contributed by atoms with Crippen LogP contribution in [0.15, 0.2) is 22.8 Å². The van der Waals surface area contributed by atoms with Crippen molar-refractivity contribution in [3.63, 3.8) is 0 Å². The van der Waals surface area contributed by atoms with Gasteiger partial charge in [-0.1, -0.05) is 71.3 Å². The average Bonchev–Trinajstić information content (AvgIpc) is 3.04. The minimum atomic E-state index is 0.278. The summed E-state index contributed by atoms with van der Waals surface area (Å²) >= 11 is 0. The molecule has 4 rings (SSSR count). The molecule has 0 radical (unpaired) electrons. The van der Waals surface area contributed by atoms with Gasteiger partial charge >= 0.3 is 0 Å². The van der Waals surface area contributed by atoms with E-state index in [0.29, 0.717) is 22.3 Å². The molecule has 2 unspecified atom stereocenters. The van der Waals surface area contributed by atoms with E-state index in [1.165, 1.54) is 69.8 Å². The summed E-state index contributed by atoms with van der Waals surface area (Å²) in [7, 11) is 0. The molecular weight excluding hydrogens is 412 g/mol. The van der Waals surface area contributed by atoms with Gasteiger partial charge < -0.3 is 4.74 Å². The molecule has 4 aliphatic rings. The molecule has 0 aromatic rings. The van der Waals surface area contributed by atoms with E-state index in [2.05, 4.69) is 68.4 Å². The lowest BCUT2D eigenvalue weighted by Crippen LogP contribution is -2.55. The van der Waals surface area contributed by atoms with Crippen LogP contribution >= 0.6 is 0 Å². The Hall–Kier alpha value is -0.560. The number of fused-ring (bicyclic) bond motifs is 4. The van der Waals surface area contributed by atoms with Gasteiger partial charge in [-0.05, 0) is 124 Å². The lowest BCUT2D eigenvalue weighted by molar-refractivity contribution is -0.126. The van der Waals surface area contributed by atoms with Gasteiger partial charge in [-0.25, -0.2) is 0 Å². The molecule has 1 heteroatoms. The Bertz CT molecular complexity index is 812. The zero-order valence-corrected chi connectivity index (χ0v) is 24.3. The fraction of sp³-hybridized carbons (Fsp3) is 0.879. The molecule has 2 fully saturated rings. The Morgan fingerprint density at radius 1 is 0.971 bits per heavy atom. The molecular formula is C33H56O. The van der Waals surface area contributed by atoms with E-state index in [1.54, 1.807) is 0 Å². The summed E-state index contributed by atoms with van der Waals surface area (Å²) in [6, 6.07) is 0. The zero-order chi connectivity index (χ0) is 24.9. The van der Waals surface area contributed by atoms with Gasteiger partial charge in [0.15, 0.2) is 0 Å². The lowest BCUT2D eigenvalue weighted by Gasteiger charge is -2.62. The van der Waals surface area contributed by atoms with Gasteiger partial charge in [0.2, 0.25) is 0 Å². The van der Waals surface area contributed by atoms with Crippen LogP contribution in [0, 0.1) is 39.4 Å². The number of hydrogen-bond acceptors (Lipinski definition) is 1. The first kappa shape index (κ1) is 26.5. The zero-order valence-electron chi connectivity index (χ0n) is 24.3. The normalized spacial score (nSPS) is 42.0. The predicted octanol–water partition coefficient (Wildman–Crippen LogP) is 9.91. The topological polar surface area (TPSA) is 9.23 Å². The van der Waals surface area contributed by atoms with Gasteiger partial charge in [0.25, 0.3) is 0 Å². The molecule has 2 saturated carbocycles. The van der Waals surface area contributed by atoms with E-state index in [-0.39, 0.29) is 5.41 Å². The van der Waals surface area contributed by atoms with E-state index in [0.717, 1.165) is 30.8 Å². The third-order valence-corrected chi connectivity index (χ3v) is 12.1. The average molecular weight is 469 g/mol. The smallest absolute Gasteiger partial charge is 0.0629 e. The minimum absolute atomic E-state index is 0.278. The quantitative estimate of drug-likeness (QED) is 0.338. The summed E-state index contributed by atoms with van der Waals surface area (Å²) in [4.78, 5) is 0. The van der Waals surface area contributed by atoms with Crippen molar-refractivity contribution in [1.29, 1.82) is 0 Å². The second kappa shape index (κ2) is 9.39. The number of allylic oxidation sites excluding steroid dienone is 4. The Kier molecular flexibility index (Phi) is 7.32. The molecule has 34 heavy (non-hydrogen) atoms. The van der Waals surface area contributed by atoms with E-state index in [9.17, 15) is 0 Å². The first-order chi connectivity index (χ1) is 15.9. The van der Waals surface area contributed by atoms with Crippen LogP contribution in [0.25, 0.3) is 0 Å². The van der Waals surface area contributed by atoms with Crippen LogP contribution in [0.4, 0.5) is 0 Å². The van der Waals surface area contributed by atoms with Crippen molar-refractivity contribution >= 4 is 0 Å². The monoisotopic (exact) mass is 468 g/mol. The largest absolute Gasteiger partial charge is 0.378 e. The maximum atomic E-state index is 6.45. The highest BCUT2D eigenvalue weighted by Crippen LogP contribution is 2.72. The predicted molar refractivity (Wildman–Crippen MR) is 147 cm³/mol. The summed E-state index contributed by atoms with van der Waals surface area (Å²) in [5.74, 6) is 2.49. The molecule has 0 N–H and O–H groups in total. The van der Waals surface area contributed by atoms with Gasteiger partial charge in [-0.15, -0.1) is 0 Å². The van der Waals surface area contributed by atoms with Crippen LogP contribution in [0.3, 0.4) is 0 Å². The number of hydrogen-bond donors (Lipinski definition) is 0. The van der Waals surface area contributed by atoms with Crippen LogP contribution < -0.4 is 0 Å². The highest BCUT2D eigenvalue weighted by atomic mass is 16.5. The first-order valence-electron chi connectivity index (χ1n) is 14.9. The molecule has 0 spiro atoms. The SMILES string of the molecule is CCCOC1CC[C@]2(C)C3=C(CCC2C1(C)C)[C@]1(C)CC[C@H]([C@H](C)CCC=C(C)C)[C@@]1(C)CC3. The molecule has 0 saturated heterocycles. The van der Waals surface area contributed by atoms with Crippen LogP contribution in [-0.4, -0.2) is 12.7 Å². The van der Waals surface area contributed by atoms with Crippen LogP contribution in [0.5, 0.6) is 0 Å². The summed E-state index contributed by atoms with van der Waals surface area (Å²) in [5, 5.41) is 0. The van der Waals surface area contributed by atoms with E-state index in [1.807, 2.05) is 11.1 Å². The van der Waals surface area contributed by atoms with Crippen LogP contribution in [-0.2, 0) is 4.74 Å². The standard InChI is InChI=1S/C33H56O/c1-10-22-34-29-18-19-31(7)26-17-21-32(8)25(24(4)13-11-12-23(2)3)16-20-33(32,9)27(26)14-15-28(31)30(29,5)6/h12,24-25,28-29H,10-11,13-22H2,1-9H3/t24-,25-,28?,29?,31-,32-,33+/m1/s1. The lowest BCUT2D eigenvalue weighted by atomic mass is 9.43. The van der Waals surface area contributed by atoms with E-state index in [4.69, 9.17) is 4.74 Å². The Morgan fingerprint density at radius 2 is 1.71 bits per heavy atom. The maximum absolute atomic E-state index is 6.45. The van der Waals surface area contributed by atoms with Crippen LogP contribution in [0.1, 0.15) is 133 Å². The van der Waals surface area contributed by atoms with Crippen LogP contribution in [0.2, 0.25) is 0 Å². The van der Waals surface area contributed by atoms with Gasteiger partial charge in [0, 0.05) is 6.61 Å². The van der Waals surface area contributed by atoms with Crippen molar-refractivity contribution in [1.82, 2.24) is 0 Å². The van der Waals surface area contributed by atoms with Crippen molar-refractivity contribution in [3.05, 3.63) is 22.8 Å². The maximum Gasteiger partial charge on any atom is 0.0629 e. The molecule has 0 aromatic heterocycles. The Balaban J connectivity index is 1.61. The first-order valence-corrected chi connectivity index (χ1v) is 14.9. The summed E-state index contributed by atoms with van der Waals surface area (Å²) in [5.41, 5.74) is 6.90. The van der Waals surface area contributed by atoms with Crippen molar-refractivity contribution in [2.45, 2.75) is 139 Å². The Morgan fingerprint density at radius 3 is 2.38 bits per heavy atom. The molecule has 4 aliphatic carbocycles. The van der Waals surface area contributed by atoms with Crippen molar-refractivity contribution in [3.8, 4) is 0 Å². The molecule has 0 bridgehead atoms. The Labute approximate surface area is 212 Å². The molecule has 0 aliphatic heterocycles. The van der Waals surface area contributed by atoms with Crippen molar-refractivity contribution in [2.75, 3.05) is 6.61 Å². The van der Waals surface area contributed by atoms with E-state index < -0.39 is 0 Å². The second-order valence-corrected chi connectivity index (χ2v) is 14.4. The van der Waals surface area contributed by atoms with Gasteiger partial charge in [-0.2, -0.15) is 0 Å². The third-order valence-electron chi connectivity index (χ3n) is 12.1. The second-order valence-electron chi connectivity index (χ2n) is 14.4. The summed E-state index contributed by atoms with van der Waals surface area (Å²) in [6.45, 7) is 23.4. The molecule has 1 nitrogen and oxygen atoms in total. The minimum Gasteiger partial charge on any atom is -0.378 e. The molecule has 0 heterocycles. The number of ether oxygens (including phenoxy) is 1. The fourth-order valence-corrected chi connectivity index (χ4v) is 10.0. The molecule has 0 amide bonds. The van der Waals surface area contributed by atoms with E-state index >= 15 is 0 Å². The van der Waals surface area contributed by atoms with Gasteiger partial charge in [0.05, 0.1) is 6.10 Å². The summed E-state index contributed by atoms with van der Waals surface area (Å²) < 4.78 is 6.45. The van der Waals surface area contributed by atoms with Gasteiger partial charge in [0.1, 0.15) is 0 Å². The molecule has 194 valence electrons. The molecule has 0 aromatic carbocycles.